The van der Waals surface area contributed by atoms with Crippen LogP contribution in [0.4, 0.5) is 0 Å². The Morgan fingerprint density at radius 1 is 0.422 bits per heavy atom. The highest BCUT2D eigenvalue weighted by Crippen LogP contribution is 2.31. The van der Waals surface area contributed by atoms with E-state index in [4.69, 9.17) is 14.2 Å². The molecular weight excluding hydrogens is 580 g/mol. The molecule has 6 heteroatoms. The third-order valence-electron chi connectivity index (χ3n) is 7.57. The summed E-state index contributed by atoms with van der Waals surface area (Å²) in [4.78, 5) is 0.365. The Bertz CT molecular complexity index is 1820. The first-order valence-electron chi connectivity index (χ1n) is 14.7. The van der Waals surface area contributed by atoms with Gasteiger partial charge in [0.05, 0.1) is 16.9 Å². The van der Waals surface area contributed by atoms with Crippen LogP contribution in [-0.4, -0.2) is 15.5 Å². The lowest BCUT2D eigenvalue weighted by Gasteiger charge is -2.10. The second-order valence-electron chi connectivity index (χ2n) is 10.5. The van der Waals surface area contributed by atoms with Gasteiger partial charge in [0.25, 0.3) is 0 Å². The van der Waals surface area contributed by atoms with Crippen LogP contribution in [0.15, 0.2) is 155 Å². The molecule has 0 radical (unpaired) electrons. The molecule has 0 aliphatic rings. The molecule has 0 atom stereocenters. The van der Waals surface area contributed by atoms with Gasteiger partial charge in [0.2, 0.25) is 9.84 Å². The monoisotopic (exact) mass is 612 g/mol. The summed E-state index contributed by atoms with van der Waals surface area (Å²) in [5.41, 5.74) is 5.67. The summed E-state index contributed by atoms with van der Waals surface area (Å²) in [5, 5.41) is 0. The molecule has 0 bridgehead atoms. The lowest BCUT2D eigenvalue weighted by atomic mass is 10.0. The third kappa shape index (κ3) is 6.92. The highest BCUT2D eigenvalue weighted by atomic mass is 32.2. The van der Waals surface area contributed by atoms with Crippen LogP contribution in [0.25, 0.3) is 22.3 Å². The maximum Gasteiger partial charge on any atom is 0.206 e. The van der Waals surface area contributed by atoms with Gasteiger partial charge in [-0.05, 0) is 119 Å². The maximum absolute atomic E-state index is 13.3. The van der Waals surface area contributed by atoms with Gasteiger partial charge < -0.3 is 14.2 Å². The van der Waals surface area contributed by atoms with Crippen molar-refractivity contribution in [3.8, 4) is 51.0 Å². The minimum atomic E-state index is -3.72. The van der Waals surface area contributed by atoms with E-state index < -0.39 is 9.84 Å². The molecule has 0 fully saturated rings. The van der Waals surface area contributed by atoms with Crippen molar-refractivity contribution in [1.82, 2.24) is 0 Å². The molecule has 6 aromatic carbocycles. The summed E-state index contributed by atoms with van der Waals surface area (Å²) < 4.78 is 43.8. The van der Waals surface area contributed by atoms with E-state index in [1.54, 1.807) is 55.6 Å². The van der Waals surface area contributed by atoms with Gasteiger partial charge in [-0.3, -0.25) is 0 Å². The number of sulfone groups is 1. The number of hydrogen-bond donors (Lipinski definition) is 0. The Kier molecular flexibility index (Phi) is 8.67. The number of hydrogen-bond acceptors (Lipinski definition) is 5. The van der Waals surface area contributed by atoms with Crippen LogP contribution in [0.1, 0.15) is 12.5 Å². The second-order valence-corrected chi connectivity index (χ2v) is 12.4. The molecule has 0 N–H and O–H groups in total. The third-order valence-corrected chi connectivity index (χ3v) is 9.35. The summed E-state index contributed by atoms with van der Waals surface area (Å²) in [5.74, 6) is 3.22. The van der Waals surface area contributed by atoms with E-state index in [-0.39, 0.29) is 9.79 Å². The molecule has 0 saturated heterocycles. The van der Waals surface area contributed by atoms with Crippen molar-refractivity contribution in [3.63, 3.8) is 0 Å². The maximum atomic E-state index is 13.3. The molecule has 0 aliphatic heterocycles. The highest BCUT2D eigenvalue weighted by molar-refractivity contribution is 7.91. The smallest absolute Gasteiger partial charge is 0.206 e. The number of aryl methyl sites for hydroxylation is 1. The van der Waals surface area contributed by atoms with E-state index in [1.165, 1.54) is 5.56 Å². The second kappa shape index (κ2) is 13.1. The van der Waals surface area contributed by atoms with Crippen molar-refractivity contribution in [2.24, 2.45) is 0 Å². The normalized spacial score (nSPS) is 11.2. The Morgan fingerprint density at radius 2 is 0.711 bits per heavy atom. The molecule has 0 aliphatic carbocycles. The van der Waals surface area contributed by atoms with Gasteiger partial charge in [0.1, 0.15) is 28.7 Å². The topological polar surface area (TPSA) is 61.8 Å². The minimum absolute atomic E-state index is 0.181. The Labute approximate surface area is 264 Å². The van der Waals surface area contributed by atoms with Crippen LogP contribution < -0.4 is 14.2 Å². The van der Waals surface area contributed by atoms with Crippen molar-refractivity contribution < 1.29 is 22.6 Å². The summed E-state index contributed by atoms with van der Waals surface area (Å²) in [7, 11) is -2.08. The molecular formula is C39H32O5S. The largest absolute Gasteiger partial charge is 0.497 e. The predicted octanol–water partition coefficient (Wildman–Crippen LogP) is 10.0. The quantitative estimate of drug-likeness (QED) is 0.154. The van der Waals surface area contributed by atoms with Crippen LogP contribution >= 0.6 is 0 Å². The fourth-order valence-corrected chi connectivity index (χ4v) is 6.19. The van der Waals surface area contributed by atoms with Gasteiger partial charge in [0.15, 0.2) is 0 Å². The van der Waals surface area contributed by atoms with E-state index in [0.717, 1.165) is 34.4 Å². The van der Waals surface area contributed by atoms with E-state index >= 15 is 0 Å². The van der Waals surface area contributed by atoms with Crippen molar-refractivity contribution in [1.29, 1.82) is 0 Å². The van der Waals surface area contributed by atoms with Crippen molar-refractivity contribution in [2.45, 2.75) is 23.1 Å². The summed E-state index contributed by atoms with van der Waals surface area (Å²) in [6, 6.07) is 44.8. The number of benzene rings is 6. The predicted molar refractivity (Wildman–Crippen MR) is 178 cm³/mol. The summed E-state index contributed by atoms with van der Waals surface area (Å²) >= 11 is 0. The molecule has 6 aromatic rings. The molecule has 0 heterocycles. The van der Waals surface area contributed by atoms with Gasteiger partial charge >= 0.3 is 0 Å². The minimum Gasteiger partial charge on any atom is -0.497 e. The number of methoxy groups -OCH3 is 1. The van der Waals surface area contributed by atoms with Crippen LogP contribution in [0.2, 0.25) is 0 Å². The fourth-order valence-electron chi connectivity index (χ4n) is 4.93. The van der Waals surface area contributed by atoms with Crippen LogP contribution in [0, 0.1) is 0 Å². The van der Waals surface area contributed by atoms with Gasteiger partial charge in [0, 0.05) is 0 Å². The first-order valence-corrected chi connectivity index (χ1v) is 16.1. The fraction of sp³-hybridized carbons (Fsp3) is 0.0769. The zero-order chi connectivity index (χ0) is 31.2. The van der Waals surface area contributed by atoms with Gasteiger partial charge in [-0.15, -0.1) is 0 Å². The molecule has 0 aromatic heterocycles. The van der Waals surface area contributed by atoms with Gasteiger partial charge in [-0.1, -0.05) is 67.6 Å². The molecule has 0 unspecified atom stereocenters. The van der Waals surface area contributed by atoms with Gasteiger partial charge in [-0.25, -0.2) is 8.42 Å². The Balaban J connectivity index is 1.08. The molecule has 0 spiro atoms. The summed E-state index contributed by atoms with van der Waals surface area (Å²) in [6.45, 7) is 2.14. The van der Waals surface area contributed by atoms with E-state index in [2.05, 4.69) is 31.2 Å². The number of rotatable bonds is 10. The standard InChI is InChI=1S/C39H32O5S/c1-3-28-4-6-29(7-5-28)31-10-16-34(17-11-31)43-36-20-24-38(25-21-36)45(40,41)39-26-22-37(23-27-39)44-35-18-12-32(13-19-35)30-8-14-33(42-2)15-9-30/h4-27H,3H2,1-2H3. The molecule has 224 valence electrons. The van der Waals surface area contributed by atoms with E-state index in [9.17, 15) is 8.42 Å². The Morgan fingerprint density at radius 3 is 1.02 bits per heavy atom. The van der Waals surface area contributed by atoms with Crippen molar-refractivity contribution >= 4 is 9.84 Å². The average molecular weight is 613 g/mol. The average Bonchev–Trinajstić information content (AvgIpc) is 3.09. The zero-order valence-corrected chi connectivity index (χ0v) is 25.8. The lowest BCUT2D eigenvalue weighted by molar-refractivity contribution is 0.415. The lowest BCUT2D eigenvalue weighted by Crippen LogP contribution is -2.01. The summed E-state index contributed by atoms with van der Waals surface area (Å²) in [6.07, 6.45) is 1.01. The molecule has 5 nitrogen and oxygen atoms in total. The van der Waals surface area contributed by atoms with Gasteiger partial charge in [-0.2, -0.15) is 0 Å². The molecule has 45 heavy (non-hydrogen) atoms. The van der Waals surface area contributed by atoms with E-state index in [1.807, 2.05) is 72.8 Å². The number of ether oxygens (including phenoxy) is 3. The molecule has 0 saturated carbocycles. The molecule has 0 amide bonds. The van der Waals surface area contributed by atoms with Crippen molar-refractivity contribution in [2.75, 3.05) is 7.11 Å². The first-order chi connectivity index (χ1) is 21.9. The SMILES string of the molecule is CCc1ccc(-c2ccc(Oc3ccc(S(=O)(=O)c4ccc(Oc5ccc(-c6ccc(OC)cc6)cc5)cc4)cc3)cc2)cc1. The first kappa shape index (κ1) is 29.7. The van der Waals surface area contributed by atoms with Crippen LogP contribution in [0.3, 0.4) is 0 Å². The zero-order valence-electron chi connectivity index (χ0n) is 25.0. The van der Waals surface area contributed by atoms with E-state index in [0.29, 0.717) is 23.0 Å². The van der Waals surface area contributed by atoms with Crippen LogP contribution in [-0.2, 0) is 16.3 Å². The Hall–Kier alpha value is -5.33. The highest BCUT2D eigenvalue weighted by Gasteiger charge is 2.18. The van der Waals surface area contributed by atoms with Crippen LogP contribution in [0.5, 0.6) is 28.7 Å². The molecule has 6 rings (SSSR count). The van der Waals surface area contributed by atoms with Crippen molar-refractivity contribution in [3.05, 3.63) is 151 Å².